The van der Waals surface area contributed by atoms with Crippen molar-refractivity contribution in [3.63, 3.8) is 0 Å². The molecule has 0 saturated carbocycles. The van der Waals surface area contributed by atoms with Gasteiger partial charge >= 0.3 is 0 Å². The van der Waals surface area contributed by atoms with Crippen molar-refractivity contribution in [2.75, 3.05) is 5.32 Å². The average molecular weight is 502 g/mol. The van der Waals surface area contributed by atoms with Crippen LogP contribution in [0.1, 0.15) is 0 Å². The zero-order chi connectivity index (χ0) is 16.6. The zero-order valence-electron chi connectivity index (χ0n) is 11.4. The van der Waals surface area contributed by atoms with E-state index in [1.807, 2.05) is 18.2 Å². The molecule has 3 rings (SSSR count). The number of rotatable bonds is 3. The Morgan fingerprint density at radius 2 is 1.78 bits per heavy atom. The van der Waals surface area contributed by atoms with Gasteiger partial charge in [-0.15, -0.1) is 0 Å². The maximum Gasteiger partial charge on any atom is 0.273 e. The fourth-order valence-corrected chi connectivity index (χ4v) is 4.63. The van der Waals surface area contributed by atoms with Crippen molar-refractivity contribution in [3.8, 4) is 0 Å². The summed E-state index contributed by atoms with van der Waals surface area (Å²) in [5.74, 6) is 0. The van der Waals surface area contributed by atoms with Gasteiger partial charge in [0, 0.05) is 37.1 Å². The summed E-state index contributed by atoms with van der Waals surface area (Å²) in [6, 6.07) is 10.4. The molecule has 2 aromatic carbocycles. The Morgan fingerprint density at radius 3 is 2.43 bits per heavy atom. The number of hydrogen-bond donors (Lipinski definition) is 1. The third-order valence-corrected chi connectivity index (χ3v) is 4.89. The van der Waals surface area contributed by atoms with Crippen LogP contribution in [0, 0.1) is 10.1 Å². The smallest absolute Gasteiger partial charge is 0.273 e. The predicted octanol–water partition coefficient (Wildman–Crippen LogP) is 6.17. The lowest BCUT2D eigenvalue weighted by Gasteiger charge is -2.13. The van der Waals surface area contributed by atoms with Crippen molar-refractivity contribution in [1.82, 2.24) is 4.98 Å². The molecule has 116 valence electrons. The van der Waals surface area contributed by atoms with E-state index in [9.17, 15) is 10.1 Å². The molecule has 0 aliphatic rings. The van der Waals surface area contributed by atoms with Gasteiger partial charge in [-0.3, -0.25) is 15.1 Å². The molecule has 0 amide bonds. The average Bonchev–Trinajstić information content (AvgIpc) is 2.50. The van der Waals surface area contributed by atoms with Gasteiger partial charge in [0.05, 0.1) is 21.8 Å². The number of nitrogens with one attached hydrogen (secondary N) is 1. The topological polar surface area (TPSA) is 68.1 Å². The molecule has 0 bridgehead atoms. The second-order valence-electron chi connectivity index (χ2n) is 4.69. The molecule has 0 radical (unpaired) electrons. The molecule has 0 spiro atoms. The van der Waals surface area contributed by atoms with Gasteiger partial charge in [0.1, 0.15) is 0 Å². The molecule has 0 unspecified atom stereocenters. The molecule has 0 atom stereocenters. The van der Waals surface area contributed by atoms with Crippen LogP contribution in [-0.4, -0.2) is 9.91 Å². The fourth-order valence-electron chi connectivity index (χ4n) is 2.17. The van der Waals surface area contributed by atoms with E-state index in [-0.39, 0.29) is 5.69 Å². The summed E-state index contributed by atoms with van der Waals surface area (Å²) in [5.41, 5.74) is 1.95. The quantitative estimate of drug-likeness (QED) is 0.344. The van der Waals surface area contributed by atoms with Gasteiger partial charge in [0.25, 0.3) is 5.69 Å². The monoisotopic (exact) mass is 499 g/mol. The molecule has 3 aromatic rings. The molecule has 5 nitrogen and oxygen atoms in total. The van der Waals surface area contributed by atoms with Crippen LogP contribution in [0.4, 0.5) is 17.1 Å². The van der Waals surface area contributed by atoms with Crippen LogP contribution in [0.15, 0.2) is 56.0 Å². The highest BCUT2D eigenvalue weighted by atomic mass is 79.9. The van der Waals surface area contributed by atoms with Crippen LogP contribution in [0.3, 0.4) is 0 Å². The number of halogens is 3. The van der Waals surface area contributed by atoms with Gasteiger partial charge in [0.15, 0.2) is 0 Å². The number of nitrogens with zero attached hydrogens (tertiary/aromatic N) is 2. The van der Waals surface area contributed by atoms with Gasteiger partial charge < -0.3 is 5.32 Å². The van der Waals surface area contributed by atoms with Crippen LogP contribution in [0.25, 0.3) is 10.9 Å². The van der Waals surface area contributed by atoms with E-state index in [1.165, 1.54) is 12.1 Å². The number of nitro groups is 1. The largest absolute Gasteiger partial charge is 0.353 e. The summed E-state index contributed by atoms with van der Waals surface area (Å²) in [7, 11) is 0. The number of nitro benzene ring substituents is 1. The lowest BCUT2D eigenvalue weighted by molar-refractivity contribution is -0.384. The number of anilines is 2. The number of non-ortho nitro benzene ring substituents is 1. The van der Waals surface area contributed by atoms with Crippen LogP contribution in [-0.2, 0) is 0 Å². The number of pyridine rings is 1. The lowest BCUT2D eigenvalue weighted by Crippen LogP contribution is -1.97. The van der Waals surface area contributed by atoms with Gasteiger partial charge in [0.2, 0.25) is 0 Å². The van der Waals surface area contributed by atoms with Crippen molar-refractivity contribution >= 4 is 75.8 Å². The minimum atomic E-state index is -0.426. The Kier molecular flexibility index (Phi) is 4.65. The van der Waals surface area contributed by atoms with E-state index in [0.717, 1.165) is 24.5 Å². The van der Waals surface area contributed by atoms with Crippen molar-refractivity contribution in [2.45, 2.75) is 0 Å². The molecule has 0 saturated heterocycles. The molecule has 0 aliphatic carbocycles. The molecule has 0 aliphatic heterocycles. The Labute approximate surface area is 156 Å². The highest BCUT2D eigenvalue weighted by molar-refractivity contribution is 9.11. The Hall–Kier alpha value is -1.51. The molecule has 1 heterocycles. The molecule has 23 heavy (non-hydrogen) atoms. The second kappa shape index (κ2) is 6.54. The van der Waals surface area contributed by atoms with Crippen molar-refractivity contribution in [3.05, 3.63) is 66.1 Å². The van der Waals surface area contributed by atoms with Gasteiger partial charge in [-0.05, 0) is 56.1 Å². The van der Waals surface area contributed by atoms with Crippen LogP contribution < -0.4 is 5.32 Å². The fraction of sp³-hybridized carbons (Fsp3) is 0. The highest BCUT2D eigenvalue weighted by Crippen LogP contribution is 2.38. The number of benzene rings is 2. The van der Waals surface area contributed by atoms with Gasteiger partial charge in [-0.1, -0.05) is 15.9 Å². The molecule has 0 fully saturated rings. The zero-order valence-corrected chi connectivity index (χ0v) is 16.1. The lowest BCUT2D eigenvalue weighted by atomic mass is 10.1. The summed E-state index contributed by atoms with van der Waals surface area (Å²) in [5, 5.41) is 15.2. The van der Waals surface area contributed by atoms with Crippen molar-refractivity contribution < 1.29 is 4.92 Å². The first-order valence-electron chi connectivity index (χ1n) is 6.40. The van der Waals surface area contributed by atoms with E-state index in [1.54, 1.807) is 12.3 Å². The van der Waals surface area contributed by atoms with Crippen LogP contribution in [0.5, 0.6) is 0 Å². The van der Waals surface area contributed by atoms with Crippen LogP contribution >= 0.6 is 47.8 Å². The minimum Gasteiger partial charge on any atom is -0.353 e. The molecule has 1 aromatic heterocycles. The van der Waals surface area contributed by atoms with E-state index in [0.29, 0.717) is 11.2 Å². The second-order valence-corrected chi connectivity index (χ2v) is 7.31. The normalized spacial score (nSPS) is 10.7. The summed E-state index contributed by atoms with van der Waals surface area (Å²) in [4.78, 5) is 14.9. The summed E-state index contributed by atoms with van der Waals surface area (Å²) in [6.45, 7) is 0. The predicted molar refractivity (Wildman–Crippen MR) is 101 cm³/mol. The van der Waals surface area contributed by atoms with Crippen LogP contribution in [0.2, 0.25) is 0 Å². The maximum absolute atomic E-state index is 11.2. The first kappa shape index (κ1) is 16.4. The molecule has 8 heteroatoms. The molecule has 1 N–H and O–H groups in total. The number of aromatic nitrogens is 1. The van der Waals surface area contributed by atoms with E-state index >= 15 is 0 Å². The first-order chi connectivity index (χ1) is 11.0. The molecular formula is C15H8Br3N3O2. The Balaban J connectivity index is 2.18. The summed E-state index contributed by atoms with van der Waals surface area (Å²) in [6.07, 6.45) is 1.61. The Bertz CT molecular complexity index is 908. The van der Waals surface area contributed by atoms with E-state index < -0.39 is 4.92 Å². The summed E-state index contributed by atoms with van der Waals surface area (Å²) < 4.78 is 2.55. The third kappa shape index (κ3) is 3.39. The minimum absolute atomic E-state index is 0.0111. The third-order valence-electron chi connectivity index (χ3n) is 3.18. The molecular weight excluding hydrogens is 494 g/mol. The number of hydrogen-bond acceptors (Lipinski definition) is 4. The van der Waals surface area contributed by atoms with Crippen molar-refractivity contribution in [1.29, 1.82) is 0 Å². The number of fused-ring (bicyclic) bond motifs is 1. The summed E-state index contributed by atoms with van der Waals surface area (Å²) >= 11 is 10.4. The van der Waals surface area contributed by atoms with E-state index in [4.69, 9.17) is 0 Å². The van der Waals surface area contributed by atoms with Crippen molar-refractivity contribution in [2.24, 2.45) is 0 Å². The van der Waals surface area contributed by atoms with Gasteiger partial charge in [-0.25, -0.2) is 0 Å². The van der Waals surface area contributed by atoms with E-state index in [2.05, 4.69) is 58.1 Å². The SMILES string of the molecule is O=[N+]([O-])c1cc(Nc2c(Br)cc(Br)cc2Br)c2cccnc2c1. The standard InChI is InChI=1S/C15H8Br3N3O2/c16-8-4-11(17)15(12(18)5-8)20-14-7-9(21(22)23)6-13-10(14)2-1-3-19-13/h1-7,20H. The highest BCUT2D eigenvalue weighted by Gasteiger charge is 2.14. The Morgan fingerprint density at radius 1 is 1.09 bits per heavy atom. The first-order valence-corrected chi connectivity index (χ1v) is 8.78. The van der Waals surface area contributed by atoms with Gasteiger partial charge in [-0.2, -0.15) is 0 Å². The maximum atomic E-state index is 11.2.